The lowest BCUT2D eigenvalue weighted by Gasteiger charge is -2.28. The van der Waals surface area contributed by atoms with Gasteiger partial charge in [-0.15, -0.1) is 0 Å². The number of rotatable bonds is 5. The first-order chi connectivity index (χ1) is 7.78. The molecule has 0 fully saturated rings. The third-order valence-electron chi connectivity index (χ3n) is 3.33. The number of imidazole rings is 1. The lowest BCUT2D eigenvalue weighted by Crippen LogP contribution is -2.26. The van der Waals surface area contributed by atoms with Crippen LogP contribution in [0.2, 0.25) is 0 Å². The molecular formula is C13H25N3O. The molecule has 4 heteroatoms. The van der Waals surface area contributed by atoms with Crippen LogP contribution in [0.5, 0.6) is 0 Å². The van der Waals surface area contributed by atoms with Crippen molar-refractivity contribution in [1.82, 2.24) is 9.55 Å². The van der Waals surface area contributed by atoms with Crippen molar-refractivity contribution >= 4 is 0 Å². The summed E-state index contributed by atoms with van der Waals surface area (Å²) in [4.78, 5) is 9.30. The van der Waals surface area contributed by atoms with Crippen molar-refractivity contribution < 1.29 is 4.84 Å². The van der Waals surface area contributed by atoms with Gasteiger partial charge in [-0.05, 0) is 39.5 Å². The van der Waals surface area contributed by atoms with Gasteiger partial charge in [-0.3, -0.25) is 0 Å². The van der Waals surface area contributed by atoms with Gasteiger partial charge >= 0.3 is 0 Å². The van der Waals surface area contributed by atoms with E-state index < -0.39 is 0 Å². The predicted molar refractivity (Wildman–Crippen MR) is 69.7 cm³/mol. The highest BCUT2D eigenvalue weighted by atomic mass is 16.6. The van der Waals surface area contributed by atoms with Gasteiger partial charge in [-0.2, -0.15) is 0 Å². The SMILES string of the molecule is Cc1nc(C)n(C(C)CC(C)(C)CON)c1C. The highest BCUT2D eigenvalue weighted by Crippen LogP contribution is 2.30. The van der Waals surface area contributed by atoms with E-state index >= 15 is 0 Å². The molecule has 4 nitrogen and oxygen atoms in total. The van der Waals surface area contributed by atoms with Gasteiger partial charge in [0.1, 0.15) is 5.82 Å². The van der Waals surface area contributed by atoms with E-state index in [1.165, 1.54) is 5.69 Å². The van der Waals surface area contributed by atoms with E-state index in [-0.39, 0.29) is 5.41 Å². The highest BCUT2D eigenvalue weighted by molar-refractivity contribution is 5.14. The second kappa shape index (κ2) is 5.19. The van der Waals surface area contributed by atoms with E-state index in [1.54, 1.807) is 0 Å². The summed E-state index contributed by atoms with van der Waals surface area (Å²) in [6, 6.07) is 0.404. The van der Waals surface area contributed by atoms with Crippen LogP contribution in [0.15, 0.2) is 0 Å². The van der Waals surface area contributed by atoms with Crippen molar-refractivity contribution in [1.29, 1.82) is 0 Å². The largest absolute Gasteiger partial charge is 0.329 e. The number of hydrogen-bond acceptors (Lipinski definition) is 3. The minimum absolute atomic E-state index is 0.0746. The summed E-state index contributed by atoms with van der Waals surface area (Å²) in [5.41, 5.74) is 2.44. The van der Waals surface area contributed by atoms with Gasteiger partial charge in [0.05, 0.1) is 12.3 Å². The fourth-order valence-electron chi connectivity index (χ4n) is 2.62. The first-order valence-electron chi connectivity index (χ1n) is 6.12. The van der Waals surface area contributed by atoms with Crippen LogP contribution in [-0.2, 0) is 4.84 Å². The molecule has 1 atom stereocenters. The minimum Gasteiger partial charge on any atom is -0.329 e. The topological polar surface area (TPSA) is 53.1 Å². The maximum Gasteiger partial charge on any atom is 0.106 e. The average molecular weight is 239 g/mol. The van der Waals surface area contributed by atoms with Crippen molar-refractivity contribution in [3.8, 4) is 0 Å². The first-order valence-corrected chi connectivity index (χ1v) is 6.12. The van der Waals surface area contributed by atoms with Crippen LogP contribution in [0.25, 0.3) is 0 Å². The summed E-state index contributed by atoms with van der Waals surface area (Å²) in [5.74, 6) is 6.25. The van der Waals surface area contributed by atoms with E-state index in [0.29, 0.717) is 12.6 Å². The summed E-state index contributed by atoms with van der Waals surface area (Å²) in [5, 5.41) is 0. The molecule has 0 aliphatic heterocycles. The Morgan fingerprint density at radius 3 is 2.35 bits per heavy atom. The Morgan fingerprint density at radius 1 is 1.35 bits per heavy atom. The number of hydrogen-bond donors (Lipinski definition) is 1. The summed E-state index contributed by atoms with van der Waals surface area (Å²) in [6.07, 6.45) is 1.02. The summed E-state index contributed by atoms with van der Waals surface area (Å²) < 4.78 is 2.30. The van der Waals surface area contributed by atoms with Crippen molar-refractivity contribution in [3.63, 3.8) is 0 Å². The molecule has 2 N–H and O–H groups in total. The fourth-order valence-corrected chi connectivity index (χ4v) is 2.62. The maximum atomic E-state index is 5.17. The second-order valence-electron chi connectivity index (χ2n) is 5.73. The standard InChI is InChI=1S/C13H25N3O/c1-9(7-13(5,6)8-17-14)16-11(3)10(2)15-12(16)4/h9H,7-8,14H2,1-6H3. The summed E-state index contributed by atoms with van der Waals surface area (Å²) in [7, 11) is 0. The van der Waals surface area contributed by atoms with Crippen LogP contribution >= 0.6 is 0 Å². The quantitative estimate of drug-likeness (QED) is 0.804. The third kappa shape index (κ3) is 3.30. The zero-order valence-electron chi connectivity index (χ0n) is 11.9. The zero-order chi connectivity index (χ0) is 13.2. The lowest BCUT2D eigenvalue weighted by atomic mass is 9.87. The Labute approximate surface area is 104 Å². The van der Waals surface area contributed by atoms with Gasteiger partial charge in [-0.25, -0.2) is 10.9 Å². The molecule has 1 heterocycles. The van der Waals surface area contributed by atoms with Crippen LogP contribution in [0, 0.1) is 26.2 Å². The Kier molecular flexibility index (Phi) is 4.33. The van der Waals surface area contributed by atoms with Gasteiger partial charge in [-0.1, -0.05) is 13.8 Å². The van der Waals surface area contributed by atoms with E-state index in [9.17, 15) is 0 Å². The molecule has 0 aromatic carbocycles. The molecule has 0 spiro atoms. The smallest absolute Gasteiger partial charge is 0.106 e. The van der Waals surface area contributed by atoms with Gasteiger partial charge in [0.2, 0.25) is 0 Å². The molecule has 0 aliphatic carbocycles. The molecule has 17 heavy (non-hydrogen) atoms. The molecule has 1 rings (SSSR count). The van der Waals surface area contributed by atoms with Crippen molar-refractivity contribution in [2.45, 2.75) is 54.0 Å². The van der Waals surface area contributed by atoms with Crippen molar-refractivity contribution in [3.05, 3.63) is 17.2 Å². The van der Waals surface area contributed by atoms with Gasteiger partial charge in [0, 0.05) is 11.7 Å². The van der Waals surface area contributed by atoms with E-state index in [1.807, 2.05) is 0 Å². The number of aromatic nitrogens is 2. The Hall–Kier alpha value is -0.870. The molecule has 0 saturated heterocycles. The lowest BCUT2D eigenvalue weighted by molar-refractivity contribution is 0.0507. The molecular weight excluding hydrogens is 214 g/mol. The molecule has 0 amide bonds. The van der Waals surface area contributed by atoms with E-state index in [2.05, 4.69) is 51.1 Å². The molecule has 0 saturated carbocycles. The average Bonchev–Trinajstić information content (AvgIpc) is 2.39. The molecule has 1 aromatic heterocycles. The van der Waals surface area contributed by atoms with Crippen LogP contribution in [-0.4, -0.2) is 16.2 Å². The summed E-state index contributed by atoms with van der Waals surface area (Å²) in [6.45, 7) is 13.4. The second-order valence-corrected chi connectivity index (χ2v) is 5.73. The molecule has 1 aromatic rings. The molecule has 0 bridgehead atoms. The molecule has 1 unspecified atom stereocenters. The Morgan fingerprint density at radius 2 is 1.94 bits per heavy atom. The number of aryl methyl sites for hydroxylation is 2. The molecule has 98 valence electrons. The molecule has 0 radical (unpaired) electrons. The van der Waals surface area contributed by atoms with E-state index in [4.69, 9.17) is 10.7 Å². The van der Waals surface area contributed by atoms with Crippen molar-refractivity contribution in [2.24, 2.45) is 11.3 Å². The third-order valence-corrected chi connectivity index (χ3v) is 3.33. The monoisotopic (exact) mass is 239 g/mol. The van der Waals surface area contributed by atoms with Gasteiger partial charge in [0.15, 0.2) is 0 Å². The summed E-state index contributed by atoms with van der Waals surface area (Å²) >= 11 is 0. The fraction of sp³-hybridized carbons (Fsp3) is 0.769. The Bertz CT molecular complexity index is 382. The van der Waals surface area contributed by atoms with Gasteiger partial charge < -0.3 is 9.40 Å². The number of nitrogens with two attached hydrogens (primary N) is 1. The molecule has 0 aliphatic rings. The zero-order valence-corrected chi connectivity index (χ0v) is 11.9. The highest BCUT2D eigenvalue weighted by Gasteiger charge is 2.24. The predicted octanol–water partition coefficient (Wildman–Crippen LogP) is 2.68. The maximum absolute atomic E-state index is 5.17. The normalized spacial score (nSPS) is 14.1. The van der Waals surface area contributed by atoms with Crippen LogP contribution in [0.1, 0.15) is 50.4 Å². The minimum atomic E-state index is 0.0746. The van der Waals surface area contributed by atoms with Crippen molar-refractivity contribution in [2.75, 3.05) is 6.61 Å². The van der Waals surface area contributed by atoms with E-state index in [0.717, 1.165) is 17.9 Å². The Balaban J connectivity index is 2.86. The van der Waals surface area contributed by atoms with Gasteiger partial charge in [0.25, 0.3) is 0 Å². The first kappa shape index (κ1) is 14.2. The van der Waals surface area contributed by atoms with Crippen LogP contribution in [0.4, 0.5) is 0 Å². The van der Waals surface area contributed by atoms with Crippen LogP contribution < -0.4 is 5.90 Å². The number of nitrogens with zero attached hydrogens (tertiary/aromatic N) is 2. The van der Waals surface area contributed by atoms with Crippen LogP contribution in [0.3, 0.4) is 0 Å².